The van der Waals surface area contributed by atoms with Crippen molar-refractivity contribution in [2.75, 3.05) is 20.1 Å². The van der Waals surface area contributed by atoms with E-state index in [-0.39, 0.29) is 18.4 Å². The van der Waals surface area contributed by atoms with E-state index in [1.165, 1.54) is 4.90 Å². The van der Waals surface area contributed by atoms with Gasteiger partial charge in [0.05, 0.1) is 6.54 Å². The van der Waals surface area contributed by atoms with Gasteiger partial charge in [0, 0.05) is 26.3 Å². The van der Waals surface area contributed by atoms with Crippen LogP contribution < -0.4 is 11.1 Å². The first kappa shape index (κ1) is 14.1. The summed E-state index contributed by atoms with van der Waals surface area (Å²) in [5.41, 5.74) is 6.61. The van der Waals surface area contributed by atoms with E-state index < -0.39 is 0 Å². The molecule has 6 nitrogen and oxygen atoms in total. The zero-order valence-corrected chi connectivity index (χ0v) is 10.6. The van der Waals surface area contributed by atoms with Crippen molar-refractivity contribution in [1.29, 1.82) is 0 Å². The van der Waals surface area contributed by atoms with Gasteiger partial charge in [-0.15, -0.1) is 0 Å². The van der Waals surface area contributed by atoms with Gasteiger partial charge in [0.15, 0.2) is 0 Å². The van der Waals surface area contributed by atoms with Crippen LogP contribution in [0.25, 0.3) is 0 Å². The third-order valence-corrected chi connectivity index (χ3v) is 2.38. The number of nitrogens with two attached hydrogens (primary N) is 1. The molecule has 0 aliphatic rings. The zero-order valence-electron chi connectivity index (χ0n) is 10.6. The highest BCUT2D eigenvalue weighted by Gasteiger charge is 2.15. The largest absolute Gasteiger partial charge is 0.355 e. The molecule has 1 rings (SSSR count). The van der Waals surface area contributed by atoms with Crippen LogP contribution in [0.1, 0.15) is 23.0 Å². The smallest absolute Gasteiger partial charge is 0.272 e. The molecule has 18 heavy (non-hydrogen) atoms. The van der Waals surface area contributed by atoms with E-state index in [9.17, 15) is 9.59 Å². The average molecular weight is 250 g/mol. The molecule has 0 spiro atoms. The minimum atomic E-state index is -0.287. The third-order valence-electron chi connectivity index (χ3n) is 2.38. The van der Waals surface area contributed by atoms with Crippen molar-refractivity contribution in [2.24, 2.45) is 5.73 Å². The molecule has 0 bridgehead atoms. The van der Waals surface area contributed by atoms with Gasteiger partial charge in [-0.2, -0.15) is 0 Å². The third kappa shape index (κ3) is 3.81. The van der Waals surface area contributed by atoms with Gasteiger partial charge in [-0.05, 0) is 18.6 Å². The summed E-state index contributed by atoms with van der Waals surface area (Å²) in [6.45, 7) is 2.78. The van der Waals surface area contributed by atoms with E-state index >= 15 is 0 Å². The molecule has 2 amide bonds. The number of rotatable bonds is 5. The number of nitrogens with zero attached hydrogens (tertiary/aromatic N) is 2. The maximum Gasteiger partial charge on any atom is 0.272 e. The topological polar surface area (TPSA) is 88.3 Å². The van der Waals surface area contributed by atoms with E-state index in [1.54, 1.807) is 25.4 Å². The fraction of sp³-hybridized carbons (Fsp3) is 0.417. The van der Waals surface area contributed by atoms with Crippen LogP contribution in [0.15, 0.2) is 18.3 Å². The summed E-state index contributed by atoms with van der Waals surface area (Å²) in [5.74, 6) is -0.475. The molecule has 98 valence electrons. The summed E-state index contributed by atoms with van der Waals surface area (Å²) < 4.78 is 0. The standard InChI is InChI=1S/C12H18N4O2/c1-3-14-11(17)8-16(2)12(18)10-5-4-9(6-13)7-15-10/h4-5,7H,3,6,8,13H2,1-2H3,(H,14,17). The van der Waals surface area contributed by atoms with E-state index in [4.69, 9.17) is 5.73 Å². The van der Waals surface area contributed by atoms with E-state index in [1.807, 2.05) is 6.92 Å². The minimum Gasteiger partial charge on any atom is -0.355 e. The Bertz CT molecular complexity index is 417. The summed E-state index contributed by atoms with van der Waals surface area (Å²) in [6, 6.07) is 3.36. The first-order valence-electron chi connectivity index (χ1n) is 5.75. The maximum atomic E-state index is 11.9. The van der Waals surface area contributed by atoms with Crippen molar-refractivity contribution in [3.63, 3.8) is 0 Å². The molecular weight excluding hydrogens is 232 g/mol. The van der Waals surface area contributed by atoms with Crippen LogP contribution in [0, 0.1) is 0 Å². The molecule has 6 heteroatoms. The second-order valence-corrected chi connectivity index (χ2v) is 3.87. The van der Waals surface area contributed by atoms with Gasteiger partial charge in [0.1, 0.15) is 5.69 Å². The number of carbonyl (C=O) groups is 2. The van der Waals surface area contributed by atoms with Gasteiger partial charge in [-0.1, -0.05) is 6.07 Å². The normalized spacial score (nSPS) is 9.94. The predicted molar refractivity (Wildman–Crippen MR) is 67.8 cm³/mol. The summed E-state index contributed by atoms with van der Waals surface area (Å²) in [4.78, 5) is 28.6. The number of nitrogens with one attached hydrogen (secondary N) is 1. The zero-order chi connectivity index (χ0) is 13.5. The van der Waals surface area contributed by atoms with Crippen molar-refractivity contribution >= 4 is 11.8 Å². The van der Waals surface area contributed by atoms with Crippen LogP contribution in [-0.4, -0.2) is 41.8 Å². The Morgan fingerprint density at radius 1 is 1.44 bits per heavy atom. The average Bonchev–Trinajstić information content (AvgIpc) is 2.38. The Hall–Kier alpha value is -1.95. The molecule has 1 aromatic rings. The molecular formula is C12H18N4O2. The molecule has 1 aromatic heterocycles. The minimum absolute atomic E-state index is 0.0208. The van der Waals surface area contributed by atoms with Crippen LogP contribution in [0.3, 0.4) is 0 Å². The summed E-state index contributed by atoms with van der Waals surface area (Å²) in [5, 5.41) is 2.63. The second-order valence-electron chi connectivity index (χ2n) is 3.87. The molecule has 0 fully saturated rings. The molecule has 0 saturated heterocycles. The number of likely N-dealkylation sites (N-methyl/N-ethyl adjacent to an activating group) is 2. The first-order valence-corrected chi connectivity index (χ1v) is 5.75. The fourth-order valence-corrected chi connectivity index (χ4v) is 1.41. The monoisotopic (exact) mass is 250 g/mol. The molecule has 0 aromatic carbocycles. The molecule has 1 heterocycles. The summed E-state index contributed by atoms with van der Waals surface area (Å²) >= 11 is 0. The van der Waals surface area contributed by atoms with Crippen LogP contribution in [0.2, 0.25) is 0 Å². The molecule has 0 aliphatic heterocycles. The van der Waals surface area contributed by atoms with Gasteiger partial charge in [0.2, 0.25) is 5.91 Å². The molecule has 0 atom stereocenters. The summed E-state index contributed by atoms with van der Waals surface area (Å²) in [6.07, 6.45) is 1.56. The lowest BCUT2D eigenvalue weighted by Crippen LogP contribution is -2.38. The van der Waals surface area contributed by atoms with Crippen molar-refractivity contribution in [3.05, 3.63) is 29.6 Å². The van der Waals surface area contributed by atoms with E-state index in [2.05, 4.69) is 10.3 Å². The van der Waals surface area contributed by atoms with Crippen molar-refractivity contribution in [3.8, 4) is 0 Å². The second kappa shape index (κ2) is 6.70. The van der Waals surface area contributed by atoms with Gasteiger partial charge in [0.25, 0.3) is 5.91 Å². The molecule has 0 unspecified atom stereocenters. The number of carbonyl (C=O) groups excluding carboxylic acids is 2. The molecule has 3 N–H and O–H groups in total. The highest BCUT2D eigenvalue weighted by atomic mass is 16.2. The van der Waals surface area contributed by atoms with E-state index in [0.717, 1.165) is 5.56 Å². The molecule has 0 aliphatic carbocycles. The van der Waals surface area contributed by atoms with Gasteiger partial charge in [-0.25, -0.2) is 0 Å². The Balaban J connectivity index is 2.64. The van der Waals surface area contributed by atoms with Crippen LogP contribution >= 0.6 is 0 Å². The lowest BCUT2D eigenvalue weighted by molar-refractivity contribution is -0.121. The van der Waals surface area contributed by atoms with E-state index in [0.29, 0.717) is 18.8 Å². The Kier molecular flexibility index (Phi) is 5.26. The van der Waals surface area contributed by atoms with Gasteiger partial charge < -0.3 is 16.0 Å². The van der Waals surface area contributed by atoms with Crippen LogP contribution in [0.4, 0.5) is 0 Å². The highest BCUT2D eigenvalue weighted by molar-refractivity contribution is 5.94. The number of aromatic nitrogens is 1. The van der Waals surface area contributed by atoms with Crippen LogP contribution in [-0.2, 0) is 11.3 Å². The highest BCUT2D eigenvalue weighted by Crippen LogP contribution is 2.02. The van der Waals surface area contributed by atoms with Gasteiger partial charge >= 0.3 is 0 Å². The Labute approximate surface area is 106 Å². The van der Waals surface area contributed by atoms with Crippen molar-refractivity contribution < 1.29 is 9.59 Å². The number of pyridine rings is 1. The fourth-order valence-electron chi connectivity index (χ4n) is 1.41. The lowest BCUT2D eigenvalue weighted by Gasteiger charge is -2.16. The molecule has 0 saturated carbocycles. The van der Waals surface area contributed by atoms with Crippen LogP contribution in [0.5, 0.6) is 0 Å². The van der Waals surface area contributed by atoms with Gasteiger partial charge in [-0.3, -0.25) is 14.6 Å². The number of hydrogen-bond donors (Lipinski definition) is 2. The SMILES string of the molecule is CCNC(=O)CN(C)C(=O)c1ccc(CN)cn1. The maximum absolute atomic E-state index is 11.9. The number of hydrogen-bond acceptors (Lipinski definition) is 4. The predicted octanol–water partition coefficient (Wildman–Crippen LogP) is -0.252. The van der Waals surface area contributed by atoms with Crippen molar-refractivity contribution in [1.82, 2.24) is 15.2 Å². The Morgan fingerprint density at radius 3 is 2.67 bits per heavy atom. The molecule has 0 radical (unpaired) electrons. The number of amides is 2. The first-order chi connectivity index (χ1) is 8.58. The lowest BCUT2D eigenvalue weighted by atomic mass is 10.2. The summed E-state index contributed by atoms with van der Waals surface area (Å²) in [7, 11) is 1.57. The quantitative estimate of drug-likeness (QED) is 0.754. The Morgan fingerprint density at radius 2 is 2.17 bits per heavy atom. The van der Waals surface area contributed by atoms with Crippen molar-refractivity contribution in [2.45, 2.75) is 13.5 Å².